The Balaban J connectivity index is 2.84. The first kappa shape index (κ1) is 16.7. The molecule has 0 aliphatic carbocycles. The molecule has 1 aromatic rings. The van der Waals surface area contributed by atoms with E-state index in [2.05, 4.69) is 10.6 Å². The number of nitrogens with one attached hydrogen (secondary N) is 2. The van der Waals surface area contributed by atoms with E-state index in [0.717, 1.165) is 0 Å². The second kappa shape index (κ2) is 6.88. The molecular weight excluding hydrogens is 272 g/mol. The molecule has 0 radical (unpaired) electrons. The number of urea groups is 1. The van der Waals surface area contributed by atoms with Crippen molar-refractivity contribution in [1.29, 1.82) is 0 Å². The fraction of sp³-hybridized carbons (Fsp3) is 0.400. The summed E-state index contributed by atoms with van der Waals surface area (Å²) in [6, 6.07) is 5.86. The van der Waals surface area contributed by atoms with Gasteiger partial charge in [-0.05, 0) is 31.9 Å². The summed E-state index contributed by atoms with van der Waals surface area (Å²) >= 11 is 0. The zero-order chi connectivity index (χ0) is 16.0. The Morgan fingerprint density at radius 3 is 2.29 bits per heavy atom. The first-order valence-corrected chi connectivity index (χ1v) is 6.78. The van der Waals surface area contributed by atoms with E-state index in [1.165, 1.54) is 6.92 Å². The van der Waals surface area contributed by atoms with Gasteiger partial charge in [0.25, 0.3) is 0 Å². The highest BCUT2D eigenvalue weighted by molar-refractivity contribution is 5.97. The number of anilines is 1. The molecule has 0 heterocycles. The molecule has 0 atom stereocenters. The molecular formula is C15H20N2O4. The number of carbonyl (C=O) groups is 3. The Labute approximate surface area is 123 Å². The van der Waals surface area contributed by atoms with Gasteiger partial charge in [0.05, 0.1) is 0 Å². The number of carboxylic acids is 1. The van der Waals surface area contributed by atoms with Crippen molar-refractivity contribution in [2.24, 2.45) is 0 Å². The highest BCUT2D eigenvalue weighted by atomic mass is 16.4. The standard InChI is InChI=1S/C15H20N2O4/c1-4-15(5-2,13(19)20)17-14(21)16-12-8-6-7-11(9-12)10(3)18/h6-9H,4-5H2,1-3H3,(H,19,20)(H2,16,17,21). The van der Waals surface area contributed by atoms with Gasteiger partial charge in [0.2, 0.25) is 0 Å². The van der Waals surface area contributed by atoms with Crippen molar-refractivity contribution < 1.29 is 19.5 Å². The van der Waals surface area contributed by atoms with Gasteiger partial charge in [0.15, 0.2) is 5.78 Å². The first-order chi connectivity index (χ1) is 9.84. The SMILES string of the molecule is CCC(CC)(NC(=O)Nc1cccc(C(C)=O)c1)C(=O)O. The van der Waals surface area contributed by atoms with E-state index in [4.69, 9.17) is 0 Å². The molecule has 114 valence electrons. The molecule has 0 unspecified atom stereocenters. The Bertz CT molecular complexity index is 550. The van der Waals surface area contributed by atoms with Crippen LogP contribution in [0.3, 0.4) is 0 Å². The van der Waals surface area contributed by atoms with Gasteiger partial charge in [-0.3, -0.25) is 4.79 Å². The monoisotopic (exact) mass is 292 g/mol. The minimum absolute atomic E-state index is 0.110. The molecule has 0 aliphatic rings. The third-order valence-electron chi connectivity index (χ3n) is 3.50. The van der Waals surface area contributed by atoms with Gasteiger partial charge in [-0.15, -0.1) is 0 Å². The lowest BCUT2D eigenvalue weighted by Crippen LogP contribution is -2.54. The van der Waals surface area contributed by atoms with Crippen molar-refractivity contribution in [2.75, 3.05) is 5.32 Å². The molecule has 1 aromatic carbocycles. The van der Waals surface area contributed by atoms with Crippen molar-refractivity contribution in [1.82, 2.24) is 5.32 Å². The normalized spacial score (nSPS) is 10.8. The lowest BCUT2D eigenvalue weighted by molar-refractivity contribution is -0.144. The molecule has 1 rings (SSSR count). The average molecular weight is 292 g/mol. The van der Waals surface area contributed by atoms with Crippen LogP contribution in [0.15, 0.2) is 24.3 Å². The van der Waals surface area contributed by atoms with Crippen LogP contribution in [0.4, 0.5) is 10.5 Å². The molecule has 0 saturated heterocycles. The number of Topliss-reactive ketones (excluding diaryl/α,β-unsaturated/α-hetero) is 1. The van der Waals surface area contributed by atoms with Crippen LogP contribution in [0.1, 0.15) is 44.0 Å². The Morgan fingerprint density at radius 2 is 1.81 bits per heavy atom. The predicted octanol–water partition coefficient (Wildman–Crippen LogP) is 2.65. The van der Waals surface area contributed by atoms with Gasteiger partial charge < -0.3 is 15.7 Å². The quantitative estimate of drug-likeness (QED) is 0.702. The van der Waals surface area contributed by atoms with Gasteiger partial charge in [-0.2, -0.15) is 0 Å². The van der Waals surface area contributed by atoms with Crippen molar-refractivity contribution in [2.45, 2.75) is 39.2 Å². The van der Waals surface area contributed by atoms with E-state index in [9.17, 15) is 19.5 Å². The van der Waals surface area contributed by atoms with Crippen LogP contribution < -0.4 is 10.6 Å². The number of hydrogen-bond acceptors (Lipinski definition) is 3. The number of carboxylic acid groups (broad SMARTS) is 1. The van der Waals surface area contributed by atoms with Crippen LogP contribution in [0, 0.1) is 0 Å². The summed E-state index contributed by atoms with van der Waals surface area (Å²) in [7, 11) is 0. The summed E-state index contributed by atoms with van der Waals surface area (Å²) in [6.07, 6.45) is 0.555. The van der Waals surface area contributed by atoms with E-state index in [-0.39, 0.29) is 18.6 Å². The van der Waals surface area contributed by atoms with E-state index in [1.54, 1.807) is 38.1 Å². The molecule has 3 N–H and O–H groups in total. The minimum atomic E-state index is -1.29. The second-order valence-corrected chi connectivity index (χ2v) is 4.81. The zero-order valence-electron chi connectivity index (χ0n) is 12.4. The van der Waals surface area contributed by atoms with Crippen LogP contribution in [0.5, 0.6) is 0 Å². The van der Waals surface area contributed by atoms with Crippen molar-refractivity contribution in [3.05, 3.63) is 29.8 Å². The number of aliphatic carboxylic acids is 1. The predicted molar refractivity (Wildman–Crippen MR) is 79.5 cm³/mol. The van der Waals surface area contributed by atoms with Gasteiger partial charge in [0.1, 0.15) is 5.54 Å². The fourth-order valence-electron chi connectivity index (χ4n) is 1.98. The van der Waals surface area contributed by atoms with Crippen LogP contribution in [0.2, 0.25) is 0 Å². The summed E-state index contributed by atoms with van der Waals surface area (Å²) in [6.45, 7) is 4.84. The molecule has 2 amide bonds. The number of ketones is 1. The number of amides is 2. The summed E-state index contributed by atoms with van der Waals surface area (Å²) in [4.78, 5) is 34.6. The molecule has 6 nitrogen and oxygen atoms in total. The van der Waals surface area contributed by atoms with Gasteiger partial charge >= 0.3 is 12.0 Å². The van der Waals surface area contributed by atoms with E-state index < -0.39 is 17.5 Å². The molecule has 6 heteroatoms. The zero-order valence-corrected chi connectivity index (χ0v) is 12.4. The molecule has 0 aliphatic heterocycles. The van der Waals surface area contributed by atoms with Crippen molar-refractivity contribution in [3.8, 4) is 0 Å². The number of benzene rings is 1. The van der Waals surface area contributed by atoms with Crippen LogP contribution in [-0.4, -0.2) is 28.4 Å². The topological polar surface area (TPSA) is 95.5 Å². The molecule has 0 fully saturated rings. The molecule has 0 aromatic heterocycles. The van der Waals surface area contributed by atoms with Crippen LogP contribution in [0.25, 0.3) is 0 Å². The molecule has 0 spiro atoms. The summed E-state index contributed by atoms with van der Waals surface area (Å²) in [5.74, 6) is -1.18. The Kier molecular flexibility index (Phi) is 5.46. The Morgan fingerprint density at radius 1 is 1.19 bits per heavy atom. The minimum Gasteiger partial charge on any atom is -0.480 e. The summed E-state index contributed by atoms with van der Waals surface area (Å²) in [5.41, 5.74) is -0.377. The van der Waals surface area contributed by atoms with Gasteiger partial charge in [-0.1, -0.05) is 26.0 Å². The maximum atomic E-state index is 12.0. The van der Waals surface area contributed by atoms with Crippen LogP contribution >= 0.6 is 0 Å². The third kappa shape index (κ3) is 4.05. The third-order valence-corrected chi connectivity index (χ3v) is 3.50. The first-order valence-electron chi connectivity index (χ1n) is 6.78. The largest absolute Gasteiger partial charge is 0.480 e. The lowest BCUT2D eigenvalue weighted by atomic mass is 9.93. The highest BCUT2D eigenvalue weighted by Crippen LogP contribution is 2.16. The summed E-state index contributed by atoms with van der Waals surface area (Å²) < 4.78 is 0. The van der Waals surface area contributed by atoms with E-state index >= 15 is 0 Å². The maximum Gasteiger partial charge on any atom is 0.329 e. The lowest BCUT2D eigenvalue weighted by Gasteiger charge is -2.28. The van der Waals surface area contributed by atoms with E-state index in [1.807, 2.05) is 0 Å². The molecule has 21 heavy (non-hydrogen) atoms. The Hall–Kier alpha value is -2.37. The number of hydrogen-bond donors (Lipinski definition) is 3. The fourth-order valence-corrected chi connectivity index (χ4v) is 1.98. The smallest absolute Gasteiger partial charge is 0.329 e. The average Bonchev–Trinajstić information content (AvgIpc) is 2.44. The summed E-state index contributed by atoms with van der Waals surface area (Å²) in [5, 5.41) is 14.3. The highest BCUT2D eigenvalue weighted by Gasteiger charge is 2.36. The number of rotatable bonds is 6. The maximum absolute atomic E-state index is 12.0. The second-order valence-electron chi connectivity index (χ2n) is 4.81. The number of carbonyl (C=O) groups excluding carboxylic acids is 2. The van der Waals surface area contributed by atoms with Crippen LogP contribution in [-0.2, 0) is 4.79 Å². The van der Waals surface area contributed by atoms with E-state index in [0.29, 0.717) is 11.3 Å². The van der Waals surface area contributed by atoms with Gasteiger partial charge in [-0.25, -0.2) is 9.59 Å². The van der Waals surface area contributed by atoms with Crippen molar-refractivity contribution in [3.63, 3.8) is 0 Å². The molecule has 0 bridgehead atoms. The molecule has 0 saturated carbocycles. The van der Waals surface area contributed by atoms with Gasteiger partial charge in [0, 0.05) is 11.3 Å². The van der Waals surface area contributed by atoms with Crippen molar-refractivity contribution >= 4 is 23.5 Å².